The van der Waals surface area contributed by atoms with E-state index in [-0.39, 0.29) is 0 Å². The van der Waals surface area contributed by atoms with Crippen molar-refractivity contribution in [1.82, 2.24) is 4.90 Å². The maximum atomic E-state index is 8.33. The fraction of sp³-hybridized carbons (Fsp3) is 0.933. The second kappa shape index (κ2) is 4.99. The standard InChI is InChI=1S/C15H28N2/c1-15(2,3)13-8-6-12(7-9-13)14(16)17-10-4-5-11-17/h12-13,16H,4-11H2,1-3H3. The SMILES string of the molecule is CC(C)(C)C1CCC(C(=N)N2CCCC2)CC1. The molecule has 0 aromatic rings. The third-order valence-electron chi connectivity index (χ3n) is 4.79. The molecule has 1 heterocycles. The Balaban J connectivity index is 1.84. The van der Waals surface area contributed by atoms with Gasteiger partial charge in [0.25, 0.3) is 0 Å². The first kappa shape index (κ1) is 12.9. The number of nitrogens with zero attached hydrogens (tertiary/aromatic N) is 1. The summed E-state index contributed by atoms with van der Waals surface area (Å²) in [4.78, 5) is 2.32. The molecule has 1 saturated heterocycles. The Kier molecular flexibility index (Phi) is 3.79. The number of amidine groups is 1. The maximum absolute atomic E-state index is 8.33. The van der Waals surface area contributed by atoms with Crippen molar-refractivity contribution in [1.29, 1.82) is 5.41 Å². The first-order valence-electron chi connectivity index (χ1n) is 7.32. The zero-order valence-corrected chi connectivity index (χ0v) is 11.8. The highest BCUT2D eigenvalue weighted by Gasteiger charge is 2.32. The Labute approximate surface area is 106 Å². The number of hydrogen-bond acceptors (Lipinski definition) is 1. The average molecular weight is 236 g/mol. The van der Waals surface area contributed by atoms with Gasteiger partial charge in [-0.3, -0.25) is 5.41 Å². The van der Waals surface area contributed by atoms with E-state index in [1.54, 1.807) is 0 Å². The van der Waals surface area contributed by atoms with E-state index in [0.29, 0.717) is 11.3 Å². The number of rotatable bonds is 1. The van der Waals surface area contributed by atoms with E-state index < -0.39 is 0 Å². The van der Waals surface area contributed by atoms with E-state index in [0.717, 1.165) is 24.8 Å². The molecule has 0 radical (unpaired) electrons. The highest BCUT2D eigenvalue weighted by molar-refractivity contribution is 5.81. The van der Waals surface area contributed by atoms with Crippen LogP contribution in [0, 0.1) is 22.7 Å². The second-order valence-corrected chi connectivity index (χ2v) is 6.99. The summed E-state index contributed by atoms with van der Waals surface area (Å²) in [7, 11) is 0. The van der Waals surface area contributed by atoms with Crippen LogP contribution in [0.3, 0.4) is 0 Å². The minimum Gasteiger partial charge on any atom is -0.360 e. The summed E-state index contributed by atoms with van der Waals surface area (Å²) in [6.45, 7) is 9.37. The predicted octanol–water partition coefficient (Wildman–Crippen LogP) is 3.91. The smallest absolute Gasteiger partial charge is 0.0989 e. The van der Waals surface area contributed by atoms with Crippen LogP contribution in [0.15, 0.2) is 0 Å². The molecule has 0 unspecified atom stereocenters. The molecule has 2 nitrogen and oxygen atoms in total. The molecular formula is C15H28N2. The van der Waals surface area contributed by atoms with Gasteiger partial charge in [0.15, 0.2) is 0 Å². The van der Waals surface area contributed by atoms with Crippen LogP contribution in [-0.4, -0.2) is 23.8 Å². The predicted molar refractivity (Wildman–Crippen MR) is 73.4 cm³/mol. The van der Waals surface area contributed by atoms with E-state index in [2.05, 4.69) is 25.7 Å². The number of likely N-dealkylation sites (tertiary alicyclic amines) is 1. The largest absolute Gasteiger partial charge is 0.360 e. The number of nitrogens with one attached hydrogen (secondary N) is 1. The van der Waals surface area contributed by atoms with Gasteiger partial charge >= 0.3 is 0 Å². The molecule has 0 aromatic carbocycles. The number of hydrogen-bond donors (Lipinski definition) is 1. The van der Waals surface area contributed by atoms with Crippen molar-refractivity contribution in [2.45, 2.75) is 59.3 Å². The van der Waals surface area contributed by atoms with Crippen LogP contribution in [-0.2, 0) is 0 Å². The van der Waals surface area contributed by atoms with Crippen molar-refractivity contribution in [3.05, 3.63) is 0 Å². The van der Waals surface area contributed by atoms with Crippen LogP contribution in [0.2, 0.25) is 0 Å². The Morgan fingerprint density at radius 2 is 1.53 bits per heavy atom. The lowest BCUT2D eigenvalue weighted by Crippen LogP contribution is -2.36. The first-order valence-corrected chi connectivity index (χ1v) is 7.32. The Bertz CT molecular complexity index is 263. The van der Waals surface area contributed by atoms with Gasteiger partial charge in [-0.15, -0.1) is 0 Å². The highest BCUT2D eigenvalue weighted by Crippen LogP contribution is 2.40. The minimum absolute atomic E-state index is 0.459. The lowest BCUT2D eigenvalue weighted by molar-refractivity contribution is 0.163. The molecule has 2 heteroatoms. The zero-order chi connectivity index (χ0) is 12.5. The molecular weight excluding hydrogens is 208 g/mol. The molecule has 0 bridgehead atoms. The van der Waals surface area contributed by atoms with Crippen LogP contribution in [0.5, 0.6) is 0 Å². The van der Waals surface area contributed by atoms with Crippen LogP contribution < -0.4 is 0 Å². The monoisotopic (exact) mass is 236 g/mol. The summed E-state index contributed by atoms with van der Waals surface area (Å²) in [6.07, 6.45) is 7.72. The van der Waals surface area contributed by atoms with Crippen LogP contribution in [0.1, 0.15) is 59.3 Å². The Morgan fingerprint density at radius 1 is 1.00 bits per heavy atom. The molecule has 1 aliphatic heterocycles. The second-order valence-electron chi connectivity index (χ2n) is 6.99. The van der Waals surface area contributed by atoms with Crippen molar-refractivity contribution in [3.63, 3.8) is 0 Å². The molecule has 1 saturated carbocycles. The van der Waals surface area contributed by atoms with Crippen molar-refractivity contribution < 1.29 is 0 Å². The summed E-state index contributed by atoms with van der Waals surface area (Å²) in [5.74, 6) is 2.38. The third-order valence-corrected chi connectivity index (χ3v) is 4.79. The lowest BCUT2D eigenvalue weighted by Gasteiger charge is -2.38. The zero-order valence-electron chi connectivity index (χ0n) is 11.8. The van der Waals surface area contributed by atoms with Gasteiger partial charge in [-0.05, 0) is 49.9 Å². The summed E-state index contributed by atoms with van der Waals surface area (Å²) in [5.41, 5.74) is 0.459. The first-order chi connectivity index (χ1) is 7.98. The maximum Gasteiger partial charge on any atom is 0.0989 e. The molecule has 17 heavy (non-hydrogen) atoms. The quantitative estimate of drug-likeness (QED) is 0.542. The molecule has 1 N–H and O–H groups in total. The van der Waals surface area contributed by atoms with Crippen molar-refractivity contribution in [2.75, 3.05) is 13.1 Å². The van der Waals surface area contributed by atoms with Crippen LogP contribution in [0.25, 0.3) is 0 Å². The normalized spacial score (nSPS) is 30.6. The lowest BCUT2D eigenvalue weighted by atomic mass is 9.69. The minimum atomic E-state index is 0.459. The van der Waals surface area contributed by atoms with Gasteiger partial charge in [0.1, 0.15) is 0 Å². The molecule has 2 aliphatic rings. The Morgan fingerprint density at radius 3 is 2.00 bits per heavy atom. The van der Waals surface area contributed by atoms with Gasteiger partial charge in [-0.25, -0.2) is 0 Å². The van der Waals surface area contributed by atoms with Crippen molar-refractivity contribution in [2.24, 2.45) is 17.3 Å². The fourth-order valence-electron chi connectivity index (χ4n) is 3.45. The van der Waals surface area contributed by atoms with Crippen LogP contribution in [0.4, 0.5) is 0 Å². The Hall–Kier alpha value is -0.530. The van der Waals surface area contributed by atoms with Gasteiger partial charge in [0.2, 0.25) is 0 Å². The molecule has 2 rings (SSSR count). The molecule has 0 amide bonds. The van der Waals surface area contributed by atoms with E-state index in [9.17, 15) is 0 Å². The van der Waals surface area contributed by atoms with E-state index in [1.807, 2.05) is 0 Å². The molecule has 0 spiro atoms. The van der Waals surface area contributed by atoms with Crippen molar-refractivity contribution >= 4 is 5.84 Å². The fourth-order valence-corrected chi connectivity index (χ4v) is 3.45. The van der Waals surface area contributed by atoms with Gasteiger partial charge in [-0.1, -0.05) is 20.8 Å². The third kappa shape index (κ3) is 3.02. The average Bonchev–Trinajstić information content (AvgIpc) is 2.80. The van der Waals surface area contributed by atoms with Gasteiger partial charge in [0, 0.05) is 19.0 Å². The van der Waals surface area contributed by atoms with Crippen molar-refractivity contribution in [3.8, 4) is 0 Å². The van der Waals surface area contributed by atoms with E-state index >= 15 is 0 Å². The highest BCUT2D eigenvalue weighted by atomic mass is 15.2. The van der Waals surface area contributed by atoms with Gasteiger partial charge in [-0.2, -0.15) is 0 Å². The summed E-state index contributed by atoms with van der Waals surface area (Å²) < 4.78 is 0. The summed E-state index contributed by atoms with van der Waals surface area (Å²) in [5, 5.41) is 8.33. The van der Waals surface area contributed by atoms with Gasteiger partial charge < -0.3 is 4.90 Å². The molecule has 0 atom stereocenters. The van der Waals surface area contributed by atoms with E-state index in [1.165, 1.54) is 38.5 Å². The van der Waals surface area contributed by atoms with Crippen LogP contribution >= 0.6 is 0 Å². The van der Waals surface area contributed by atoms with E-state index in [4.69, 9.17) is 5.41 Å². The topological polar surface area (TPSA) is 27.1 Å². The molecule has 98 valence electrons. The van der Waals surface area contributed by atoms with Gasteiger partial charge in [0.05, 0.1) is 5.84 Å². The summed E-state index contributed by atoms with van der Waals surface area (Å²) in [6, 6.07) is 0. The summed E-state index contributed by atoms with van der Waals surface area (Å²) >= 11 is 0. The molecule has 1 aliphatic carbocycles. The molecule has 0 aromatic heterocycles. The molecule has 2 fully saturated rings.